The summed E-state index contributed by atoms with van der Waals surface area (Å²) in [5.74, 6) is 0.588. The van der Waals surface area contributed by atoms with E-state index in [1.165, 1.54) is 22.3 Å². The summed E-state index contributed by atoms with van der Waals surface area (Å²) < 4.78 is 0. The summed E-state index contributed by atoms with van der Waals surface area (Å²) in [6.45, 7) is 10.3. The van der Waals surface area contributed by atoms with Crippen molar-refractivity contribution in [3.8, 4) is 11.1 Å². The van der Waals surface area contributed by atoms with Gasteiger partial charge in [0.05, 0.1) is 0 Å². The molecule has 0 aromatic heterocycles. The molecular weight excluding hydrogens is 328 g/mol. The van der Waals surface area contributed by atoms with Crippen LogP contribution in [0.1, 0.15) is 37.0 Å². The van der Waals surface area contributed by atoms with Crippen LogP contribution in [0.5, 0.6) is 0 Å². The molecule has 0 saturated heterocycles. The zero-order valence-corrected chi connectivity index (χ0v) is 16.5. The molecule has 2 aromatic rings. The van der Waals surface area contributed by atoms with E-state index in [2.05, 4.69) is 75.9 Å². The van der Waals surface area contributed by atoms with E-state index in [4.69, 9.17) is 0 Å². The van der Waals surface area contributed by atoms with Crippen LogP contribution in [0, 0.1) is 18.8 Å². The number of hydrogen-bond donors (Lipinski definition) is 0. The minimum atomic E-state index is 0.00839. The van der Waals surface area contributed by atoms with Crippen molar-refractivity contribution in [2.75, 3.05) is 0 Å². The zero-order valence-electron chi connectivity index (χ0n) is 16.5. The van der Waals surface area contributed by atoms with Crippen molar-refractivity contribution in [3.05, 3.63) is 89.5 Å². The summed E-state index contributed by atoms with van der Waals surface area (Å²) in [6, 6.07) is 15.0. The van der Waals surface area contributed by atoms with Gasteiger partial charge in [0.2, 0.25) is 0 Å². The third kappa shape index (κ3) is 4.36. The summed E-state index contributed by atoms with van der Waals surface area (Å²) in [4.78, 5) is 13.0. The van der Waals surface area contributed by atoms with Crippen molar-refractivity contribution in [3.63, 3.8) is 0 Å². The number of ketones is 1. The number of allylic oxidation sites excluding steroid dienone is 4. The molecule has 0 spiro atoms. The van der Waals surface area contributed by atoms with Crippen LogP contribution in [0.3, 0.4) is 0 Å². The summed E-state index contributed by atoms with van der Waals surface area (Å²) in [5, 5.41) is 0. The molecule has 0 saturated carbocycles. The Labute approximate surface area is 163 Å². The van der Waals surface area contributed by atoms with Gasteiger partial charge in [-0.15, -0.1) is 0 Å². The highest BCUT2D eigenvalue weighted by Gasteiger charge is 2.25. The fourth-order valence-corrected chi connectivity index (χ4v) is 3.68. The molecule has 27 heavy (non-hydrogen) atoms. The Morgan fingerprint density at radius 2 is 2.00 bits per heavy atom. The van der Waals surface area contributed by atoms with E-state index in [0.29, 0.717) is 5.92 Å². The first-order chi connectivity index (χ1) is 13.0. The average Bonchev–Trinajstić information content (AvgIpc) is 3.21. The predicted octanol–water partition coefficient (Wildman–Crippen LogP) is 6.58. The molecule has 1 heteroatoms. The predicted molar refractivity (Wildman–Crippen MR) is 116 cm³/mol. The minimum absolute atomic E-state index is 0.00839. The van der Waals surface area contributed by atoms with Crippen molar-refractivity contribution < 1.29 is 4.79 Å². The normalized spacial score (nSPS) is 14.3. The largest absolute Gasteiger partial charge is 0.294 e. The number of carbonyl (C=O) groups excluding carboxylic acids is 1. The van der Waals surface area contributed by atoms with Crippen molar-refractivity contribution >= 4 is 11.9 Å². The fourth-order valence-electron chi connectivity index (χ4n) is 3.68. The molecule has 1 aliphatic rings. The molecule has 1 unspecified atom stereocenters. The van der Waals surface area contributed by atoms with Gasteiger partial charge in [-0.1, -0.05) is 81.1 Å². The number of Topliss-reactive ketones (excluding diaryl/α,β-unsaturated/α-hetero) is 1. The molecular formula is C26H28O. The highest BCUT2D eigenvalue weighted by Crippen LogP contribution is 2.29. The molecule has 0 fully saturated rings. The number of aryl methyl sites for hydroxylation is 1. The third-order valence-corrected chi connectivity index (χ3v) is 5.39. The summed E-state index contributed by atoms with van der Waals surface area (Å²) in [5.41, 5.74) is 6.88. The lowest BCUT2D eigenvalue weighted by atomic mass is 9.82. The molecule has 1 nitrogen and oxygen atoms in total. The molecule has 1 atom stereocenters. The topological polar surface area (TPSA) is 17.1 Å². The van der Waals surface area contributed by atoms with Gasteiger partial charge >= 0.3 is 0 Å². The lowest BCUT2D eigenvalue weighted by Gasteiger charge is -2.21. The molecule has 1 aliphatic carbocycles. The monoisotopic (exact) mass is 356 g/mol. The molecule has 0 amide bonds. The first-order valence-electron chi connectivity index (χ1n) is 9.73. The van der Waals surface area contributed by atoms with E-state index >= 15 is 0 Å². The Morgan fingerprint density at radius 1 is 1.19 bits per heavy atom. The summed E-state index contributed by atoms with van der Waals surface area (Å²) in [6.07, 6.45) is 9.59. The van der Waals surface area contributed by atoms with E-state index in [9.17, 15) is 4.79 Å². The van der Waals surface area contributed by atoms with Crippen LogP contribution in [0.4, 0.5) is 0 Å². The number of benzene rings is 2. The fraction of sp³-hybridized carbons (Fsp3) is 0.269. The standard InChI is InChI=1S/C26H28O/c1-5-20-9-8-12-23(15-20)25-17-21(14-13-19(25)4)16-24(18(2)3)26(27)22-10-6-7-11-22/h5-6,8-15,17-18,24H,1,7,16H2,2-4H3. The lowest BCUT2D eigenvalue weighted by Crippen LogP contribution is -2.23. The van der Waals surface area contributed by atoms with E-state index < -0.39 is 0 Å². The lowest BCUT2D eigenvalue weighted by molar-refractivity contribution is -0.120. The SMILES string of the molecule is C=Cc1cccc(-c2cc(CC(C(=O)C3=CCC=C3)C(C)C)ccc2C)c1. The molecule has 0 bridgehead atoms. The Balaban J connectivity index is 1.91. The van der Waals surface area contributed by atoms with Gasteiger partial charge in [-0.2, -0.15) is 0 Å². The van der Waals surface area contributed by atoms with Crippen LogP contribution in [-0.2, 0) is 11.2 Å². The van der Waals surface area contributed by atoms with E-state index in [1.54, 1.807) is 0 Å². The van der Waals surface area contributed by atoms with Gasteiger partial charge in [-0.05, 0) is 59.6 Å². The van der Waals surface area contributed by atoms with Crippen LogP contribution in [0.15, 0.2) is 72.8 Å². The third-order valence-electron chi connectivity index (χ3n) is 5.39. The van der Waals surface area contributed by atoms with Gasteiger partial charge in [0.15, 0.2) is 5.78 Å². The minimum Gasteiger partial charge on any atom is -0.294 e. The second kappa shape index (κ2) is 8.35. The van der Waals surface area contributed by atoms with Crippen LogP contribution in [-0.4, -0.2) is 5.78 Å². The van der Waals surface area contributed by atoms with Crippen molar-refractivity contribution in [1.82, 2.24) is 0 Å². The highest BCUT2D eigenvalue weighted by atomic mass is 16.1. The van der Waals surface area contributed by atoms with Gasteiger partial charge in [0.25, 0.3) is 0 Å². The Bertz CT molecular complexity index is 912. The zero-order chi connectivity index (χ0) is 19.4. The van der Waals surface area contributed by atoms with Crippen LogP contribution >= 0.6 is 0 Å². The Morgan fingerprint density at radius 3 is 2.67 bits per heavy atom. The smallest absolute Gasteiger partial charge is 0.166 e. The maximum atomic E-state index is 13.0. The van der Waals surface area contributed by atoms with Gasteiger partial charge in [-0.3, -0.25) is 4.79 Å². The van der Waals surface area contributed by atoms with Crippen molar-refractivity contribution in [1.29, 1.82) is 0 Å². The van der Waals surface area contributed by atoms with Gasteiger partial charge in [0.1, 0.15) is 0 Å². The van der Waals surface area contributed by atoms with Gasteiger partial charge in [0, 0.05) is 11.5 Å². The summed E-state index contributed by atoms with van der Waals surface area (Å²) >= 11 is 0. The van der Waals surface area contributed by atoms with E-state index in [0.717, 1.165) is 24.0 Å². The first kappa shape index (κ1) is 19.1. The van der Waals surface area contributed by atoms with Gasteiger partial charge in [-0.25, -0.2) is 0 Å². The molecule has 2 aromatic carbocycles. The number of hydrogen-bond acceptors (Lipinski definition) is 1. The highest BCUT2D eigenvalue weighted by molar-refractivity contribution is 6.00. The van der Waals surface area contributed by atoms with E-state index in [1.807, 2.05) is 18.2 Å². The van der Waals surface area contributed by atoms with Gasteiger partial charge < -0.3 is 0 Å². The van der Waals surface area contributed by atoms with E-state index in [-0.39, 0.29) is 11.7 Å². The Kier molecular flexibility index (Phi) is 5.91. The molecule has 3 rings (SSSR count). The summed E-state index contributed by atoms with van der Waals surface area (Å²) in [7, 11) is 0. The molecule has 0 N–H and O–H groups in total. The number of carbonyl (C=O) groups is 1. The first-order valence-corrected chi connectivity index (χ1v) is 9.73. The molecule has 0 heterocycles. The maximum absolute atomic E-state index is 13.0. The van der Waals surface area contributed by atoms with Crippen molar-refractivity contribution in [2.24, 2.45) is 11.8 Å². The van der Waals surface area contributed by atoms with Crippen molar-refractivity contribution in [2.45, 2.75) is 33.6 Å². The molecule has 138 valence electrons. The molecule has 0 radical (unpaired) electrons. The maximum Gasteiger partial charge on any atom is 0.166 e. The van der Waals surface area contributed by atoms with Crippen LogP contribution in [0.25, 0.3) is 17.2 Å². The number of rotatable bonds is 7. The average molecular weight is 357 g/mol. The van der Waals surface area contributed by atoms with Crippen LogP contribution in [0.2, 0.25) is 0 Å². The quantitative estimate of drug-likeness (QED) is 0.548. The molecule has 0 aliphatic heterocycles. The van der Waals surface area contributed by atoms with Crippen LogP contribution < -0.4 is 0 Å². The Hall–Kier alpha value is -2.67. The second-order valence-electron chi connectivity index (χ2n) is 7.70. The second-order valence-corrected chi connectivity index (χ2v) is 7.70.